The Balaban J connectivity index is 3.38. The predicted octanol–water partition coefficient (Wildman–Crippen LogP) is 6.65. The second-order valence-electron chi connectivity index (χ2n) is 5.79. The van der Waals surface area contributed by atoms with Crippen LogP contribution in [0.2, 0.25) is 0 Å². The standard InChI is InChI=1S/C20H35FO/c1-2-3-4-5-6-7-8-9-10-11-12-13-14-17-20(21)18-15-16-19-22/h6-7,12-13,17,22H,2-5,8-11,14-16,18-19H2,1H3/b7-6+,13-12+,20-17-. The largest absolute Gasteiger partial charge is 0.396 e. The molecule has 1 N–H and O–H groups in total. The number of aliphatic hydroxyl groups excluding tert-OH is 1. The average molecular weight is 310 g/mol. The van der Waals surface area contributed by atoms with Gasteiger partial charge in [0.1, 0.15) is 0 Å². The van der Waals surface area contributed by atoms with Gasteiger partial charge in [0.15, 0.2) is 0 Å². The van der Waals surface area contributed by atoms with Gasteiger partial charge in [0, 0.05) is 6.61 Å². The van der Waals surface area contributed by atoms with Crippen LogP contribution < -0.4 is 0 Å². The Morgan fingerprint density at radius 2 is 1.41 bits per heavy atom. The van der Waals surface area contributed by atoms with Crippen LogP contribution in [0.25, 0.3) is 0 Å². The van der Waals surface area contributed by atoms with Gasteiger partial charge in [-0.2, -0.15) is 0 Å². The van der Waals surface area contributed by atoms with Gasteiger partial charge in [-0.3, -0.25) is 0 Å². The quantitative estimate of drug-likeness (QED) is 0.265. The van der Waals surface area contributed by atoms with Crippen LogP contribution in [-0.4, -0.2) is 11.7 Å². The number of hydrogen-bond acceptors (Lipinski definition) is 1. The molecule has 0 heterocycles. The van der Waals surface area contributed by atoms with Crippen LogP contribution in [0, 0.1) is 0 Å². The molecule has 0 rings (SSSR count). The van der Waals surface area contributed by atoms with Crippen molar-refractivity contribution in [1.29, 1.82) is 0 Å². The van der Waals surface area contributed by atoms with Gasteiger partial charge >= 0.3 is 0 Å². The number of hydrogen-bond donors (Lipinski definition) is 1. The third-order valence-electron chi connectivity index (χ3n) is 3.60. The molecule has 0 aromatic carbocycles. The summed E-state index contributed by atoms with van der Waals surface area (Å²) in [6.07, 6.45) is 22.9. The lowest BCUT2D eigenvalue weighted by Crippen LogP contribution is -1.83. The van der Waals surface area contributed by atoms with E-state index in [1.54, 1.807) is 6.08 Å². The summed E-state index contributed by atoms with van der Waals surface area (Å²) in [5, 5.41) is 8.62. The first kappa shape index (κ1) is 21.1. The lowest BCUT2D eigenvalue weighted by atomic mass is 10.1. The second-order valence-corrected chi connectivity index (χ2v) is 5.79. The summed E-state index contributed by atoms with van der Waals surface area (Å²) in [5.41, 5.74) is 0. The van der Waals surface area contributed by atoms with Crippen molar-refractivity contribution in [3.05, 3.63) is 36.2 Å². The van der Waals surface area contributed by atoms with Crippen LogP contribution in [-0.2, 0) is 0 Å². The highest BCUT2D eigenvalue weighted by Gasteiger charge is 1.93. The molecule has 0 saturated heterocycles. The molecular formula is C20H35FO. The zero-order valence-corrected chi connectivity index (χ0v) is 14.4. The van der Waals surface area contributed by atoms with E-state index in [0.29, 0.717) is 19.3 Å². The SMILES string of the molecule is CCCCC/C=C/CCCC/C=C/C/C=C(\F)CCCCO. The Bertz CT molecular complexity index is 305. The van der Waals surface area contributed by atoms with Gasteiger partial charge in [-0.1, -0.05) is 44.1 Å². The van der Waals surface area contributed by atoms with Gasteiger partial charge in [-0.25, -0.2) is 4.39 Å². The van der Waals surface area contributed by atoms with Crippen molar-refractivity contribution in [2.45, 2.75) is 84.0 Å². The summed E-state index contributed by atoms with van der Waals surface area (Å²) < 4.78 is 13.3. The van der Waals surface area contributed by atoms with Crippen molar-refractivity contribution in [1.82, 2.24) is 0 Å². The zero-order chi connectivity index (χ0) is 16.3. The van der Waals surface area contributed by atoms with Crippen molar-refractivity contribution < 1.29 is 9.50 Å². The van der Waals surface area contributed by atoms with Gasteiger partial charge < -0.3 is 5.11 Å². The molecule has 0 atom stereocenters. The van der Waals surface area contributed by atoms with E-state index < -0.39 is 0 Å². The van der Waals surface area contributed by atoms with Gasteiger partial charge in [-0.15, -0.1) is 0 Å². The van der Waals surface area contributed by atoms with E-state index in [4.69, 9.17) is 5.11 Å². The molecule has 2 heteroatoms. The van der Waals surface area contributed by atoms with E-state index in [9.17, 15) is 4.39 Å². The highest BCUT2D eigenvalue weighted by Crippen LogP contribution is 2.10. The number of halogens is 1. The number of rotatable bonds is 15. The minimum absolute atomic E-state index is 0.0497. The third kappa shape index (κ3) is 17.2. The van der Waals surface area contributed by atoms with Crippen LogP contribution >= 0.6 is 0 Å². The topological polar surface area (TPSA) is 20.2 Å². The maximum Gasteiger partial charge on any atom is 0.0962 e. The van der Waals surface area contributed by atoms with Crippen LogP contribution in [0.3, 0.4) is 0 Å². The fraction of sp³-hybridized carbons (Fsp3) is 0.700. The van der Waals surface area contributed by atoms with Gasteiger partial charge in [0.25, 0.3) is 0 Å². The molecule has 0 aliphatic heterocycles. The molecular weight excluding hydrogens is 275 g/mol. The summed E-state index contributed by atoms with van der Waals surface area (Å²) >= 11 is 0. The van der Waals surface area contributed by atoms with Crippen molar-refractivity contribution in [3.63, 3.8) is 0 Å². The smallest absolute Gasteiger partial charge is 0.0962 e. The van der Waals surface area contributed by atoms with Gasteiger partial charge in [0.05, 0.1) is 5.83 Å². The maximum atomic E-state index is 13.3. The third-order valence-corrected chi connectivity index (χ3v) is 3.60. The molecule has 0 fully saturated rings. The molecule has 0 unspecified atom stereocenters. The molecule has 0 aromatic heterocycles. The Hall–Kier alpha value is -0.890. The zero-order valence-electron chi connectivity index (χ0n) is 14.4. The Morgan fingerprint density at radius 3 is 2.00 bits per heavy atom. The summed E-state index contributed by atoms with van der Waals surface area (Å²) in [5.74, 6) is -0.0497. The van der Waals surface area contributed by atoms with E-state index in [2.05, 4.69) is 25.2 Å². The molecule has 0 aromatic rings. The summed E-state index contributed by atoms with van der Waals surface area (Å²) in [7, 11) is 0. The molecule has 0 aliphatic carbocycles. The average Bonchev–Trinajstić information content (AvgIpc) is 2.52. The Kier molecular flexibility index (Phi) is 17.4. The summed E-state index contributed by atoms with van der Waals surface area (Å²) in [6, 6.07) is 0. The molecule has 0 aliphatic rings. The fourth-order valence-electron chi connectivity index (χ4n) is 2.19. The maximum absolute atomic E-state index is 13.3. The van der Waals surface area contributed by atoms with E-state index in [1.807, 2.05) is 6.08 Å². The molecule has 0 spiro atoms. The molecule has 22 heavy (non-hydrogen) atoms. The highest BCUT2D eigenvalue weighted by molar-refractivity contribution is 4.97. The normalized spacial score (nSPS) is 12.8. The number of allylic oxidation sites excluding steroid dienone is 6. The Morgan fingerprint density at radius 1 is 0.818 bits per heavy atom. The minimum atomic E-state index is -0.0497. The van der Waals surface area contributed by atoms with E-state index in [1.165, 1.54) is 44.9 Å². The molecule has 1 nitrogen and oxygen atoms in total. The lowest BCUT2D eigenvalue weighted by Gasteiger charge is -1.96. The van der Waals surface area contributed by atoms with Crippen molar-refractivity contribution in [3.8, 4) is 0 Å². The van der Waals surface area contributed by atoms with Crippen molar-refractivity contribution in [2.24, 2.45) is 0 Å². The second kappa shape index (κ2) is 18.2. The first-order valence-corrected chi connectivity index (χ1v) is 9.06. The Labute approximate surface area is 137 Å². The summed E-state index contributed by atoms with van der Waals surface area (Å²) in [6.45, 7) is 2.39. The molecule has 0 bridgehead atoms. The number of unbranched alkanes of at least 4 members (excludes halogenated alkanes) is 7. The van der Waals surface area contributed by atoms with E-state index in [-0.39, 0.29) is 12.4 Å². The van der Waals surface area contributed by atoms with Crippen LogP contribution in [0.15, 0.2) is 36.2 Å². The van der Waals surface area contributed by atoms with Crippen LogP contribution in [0.5, 0.6) is 0 Å². The van der Waals surface area contributed by atoms with Crippen LogP contribution in [0.1, 0.15) is 84.0 Å². The monoisotopic (exact) mass is 310 g/mol. The lowest BCUT2D eigenvalue weighted by molar-refractivity contribution is 0.283. The summed E-state index contributed by atoms with van der Waals surface area (Å²) in [4.78, 5) is 0. The van der Waals surface area contributed by atoms with E-state index in [0.717, 1.165) is 12.8 Å². The molecule has 0 radical (unpaired) electrons. The van der Waals surface area contributed by atoms with Gasteiger partial charge in [-0.05, 0) is 70.3 Å². The number of aliphatic hydroxyl groups is 1. The van der Waals surface area contributed by atoms with Crippen molar-refractivity contribution in [2.75, 3.05) is 6.61 Å². The minimum Gasteiger partial charge on any atom is -0.396 e. The fourth-order valence-corrected chi connectivity index (χ4v) is 2.19. The molecule has 0 amide bonds. The predicted molar refractivity (Wildman–Crippen MR) is 95.6 cm³/mol. The molecule has 0 saturated carbocycles. The first-order chi connectivity index (χ1) is 10.8. The molecule has 128 valence electrons. The van der Waals surface area contributed by atoms with E-state index >= 15 is 0 Å². The van der Waals surface area contributed by atoms with Crippen molar-refractivity contribution >= 4 is 0 Å². The first-order valence-electron chi connectivity index (χ1n) is 9.06. The van der Waals surface area contributed by atoms with Crippen LogP contribution in [0.4, 0.5) is 4.39 Å². The highest BCUT2D eigenvalue weighted by atomic mass is 19.1. The van der Waals surface area contributed by atoms with Gasteiger partial charge in [0.2, 0.25) is 0 Å².